The number of rotatable bonds is 5. The van der Waals surface area contributed by atoms with Gasteiger partial charge in [0.15, 0.2) is 6.61 Å². The van der Waals surface area contributed by atoms with Crippen LogP contribution in [0.2, 0.25) is 0 Å². The van der Waals surface area contributed by atoms with Gasteiger partial charge in [-0.1, -0.05) is 0 Å². The number of nitrogens with zero attached hydrogens (tertiary/aromatic N) is 1. The molecule has 2 heterocycles. The third-order valence-corrected chi connectivity index (χ3v) is 2.83. The van der Waals surface area contributed by atoms with E-state index in [9.17, 15) is 9.59 Å². The van der Waals surface area contributed by atoms with Gasteiger partial charge in [0.2, 0.25) is 0 Å². The molecule has 0 radical (unpaired) electrons. The molecule has 0 saturated carbocycles. The summed E-state index contributed by atoms with van der Waals surface area (Å²) >= 11 is 0. The number of aromatic nitrogens is 1. The number of carbonyl (C=O) groups excluding carboxylic acids is 2. The first-order valence-corrected chi connectivity index (χ1v) is 6.49. The van der Waals surface area contributed by atoms with E-state index in [-0.39, 0.29) is 12.6 Å². The van der Waals surface area contributed by atoms with Crippen molar-refractivity contribution in [2.45, 2.75) is 19.9 Å². The molecule has 0 spiro atoms. The van der Waals surface area contributed by atoms with Gasteiger partial charge >= 0.3 is 5.97 Å². The van der Waals surface area contributed by atoms with Gasteiger partial charge in [-0.3, -0.25) is 9.78 Å². The van der Waals surface area contributed by atoms with Crippen LogP contribution >= 0.6 is 0 Å². The van der Waals surface area contributed by atoms with Gasteiger partial charge < -0.3 is 14.5 Å². The number of pyridine rings is 1. The van der Waals surface area contributed by atoms with Gasteiger partial charge in [-0.25, -0.2) is 4.79 Å². The van der Waals surface area contributed by atoms with Crippen LogP contribution in [-0.4, -0.2) is 23.5 Å². The van der Waals surface area contributed by atoms with Gasteiger partial charge in [-0.05, 0) is 38.1 Å². The van der Waals surface area contributed by atoms with Gasteiger partial charge in [0.1, 0.15) is 5.76 Å². The van der Waals surface area contributed by atoms with Crippen LogP contribution in [0.1, 0.15) is 34.8 Å². The molecule has 1 atom stereocenters. The largest absolute Gasteiger partial charge is 0.467 e. The van der Waals surface area contributed by atoms with E-state index in [1.165, 1.54) is 12.5 Å². The van der Waals surface area contributed by atoms with Crippen molar-refractivity contribution in [3.63, 3.8) is 0 Å². The van der Waals surface area contributed by atoms with Crippen molar-refractivity contribution < 1.29 is 18.7 Å². The number of aryl methyl sites for hydroxylation is 1. The van der Waals surface area contributed by atoms with Crippen LogP contribution in [0.3, 0.4) is 0 Å². The van der Waals surface area contributed by atoms with Crippen molar-refractivity contribution in [3.8, 4) is 0 Å². The van der Waals surface area contributed by atoms with Crippen LogP contribution in [0.4, 0.5) is 0 Å². The molecule has 21 heavy (non-hydrogen) atoms. The smallest absolute Gasteiger partial charge is 0.340 e. The average molecular weight is 288 g/mol. The normalized spacial score (nSPS) is 11.7. The molecule has 0 saturated heterocycles. The number of hydrogen-bond acceptors (Lipinski definition) is 5. The minimum absolute atomic E-state index is 0.285. The molecule has 0 aliphatic rings. The van der Waals surface area contributed by atoms with Crippen LogP contribution in [0.5, 0.6) is 0 Å². The van der Waals surface area contributed by atoms with E-state index in [1.54, 1.807) is 31.2 Å². The van der Waals surface area contributed by atoms with Crippen LogP contribution < -0.4 is 5.32 Å². The highest BCUT2D eigenvalue weighted by molar-refractivity contribution is 5.91. The number of ether oxygens (including phenoxy) is 1. The summed E-state index contributed by atoms with van der Waals surface area (Å²) in [5.41, 5.74) is 1.11. The third-order valence-electron chi connectivity index (χ3n) is 2.83. The number of hydrogen-bond donors (Lipinski definition) is 1. The van der Waals surface area contributed by atoms with Gasteiger partial charge in [-0.15, -0.1) is 0 Å². The Kier molecular flexibility index (Phi) is 4.71. The topological polar surface area (TPSA) is 81.4 Å². The molecule has 2 aromatic rings. The lowest BCUT2D eigenvalue weighted by Gasteiger charge is -2.11. The van der Waals surface area contributed by atoms with Gasteiger partial charge in [-0.2, -0.15) is 0 Å². The molecule has 0 bridgehead atoms. The SMILES string of the molecule is Cc1ccc(C(=O)OCC(=O)NC(C)c2ccco2)cn1. The van der Waals surface area contributed by atoms with Crippen molar-refractivity contribution in [2.75, 3.05) is 6.61 Å². The highest BCUT2D eigenvalue weighted by atomic mass is 16.5. The van der Waals surface area contributed by atoms with E-state index in [1.807, 2.05) is 6.92 Å². The molecule has 1 unspecified atom stereocenters. The van der Waals surface area contributed by atoms with Crippen molar-refractivity contribution in [2.24, 2.45) is 0 Å². The molecular formula is C15H16N2O4. The van der Waals surface area contributed by atoms with Gasteiger partial charge in [0, 0.05) is 11.9 Å². The standard InChI is InChI=1S/C15H16N2O4/c1-10-5-6-12(8-16-10)15(19)21-9-14(18)17-11(2)13-4-3-7-20-13/h3-8,11H,9H2,1-2H3,(H,17,18). The summed E-state index contributed by atoms with van der Waals surface area (Å²) in [6.07, 6.45) is 2.95. The summed E-state index contributed by atoms with van der Waals surface area (Å²) in [7, 11) is 0. The molecule has 0 fully saturated rings. The number of furan rings is 1. The lowest BCUT2D eigenvalue weighted by Crippen LogP contribution is -2.31. The Morgan fingerprint density at radius 1 is 1.38 bits per heavy atom. The zero-order chi connectivity index (χ0) is 15.2. The zero-order valence-electron chi connectivity index (χ0n) is 11.8. The summed E-state index contributed by atoms with van der Waals surface area (Å²) in [4.78, 5) is 27.4. The predicted octanol–water partition coefficient (Wildman–Crippen LogP) is 2.02. The van der Waals surface area contributed by atoms with Crippen molar-refractivity contribution >= 4 is 11.9 Å². The molecular weight excluding hydrogens is 272 g/mol. The van der Waals surface area contributed by atoms with E-state index >= 15 is 0 Å². The molecule has 6 nitrogen and oxygen atoms in total. The van der Waals surface area contributed by atoms with Crippen molar-refractivity contribution in [3.05, 3.63) is 53.7 Å². The van der Waals surface area contributed by atoms with E-state index in [2.05, 4.69) is 10.3 Å². The highest BCUT2D eigenvalue weighted by Crippen LogP contribution is 2.11. The molecule has 2 rings (SSSR count). The molecule has 0 aliphatic carbocycles. The molecule has 1 N–H and O–H groups in total. The fourth-order valence-corrected chi connectivity index (χ4v) is 1.69. The predicted molar refractivity (Wildman–Crippen MR) is 74.5 cm³/mol. The van der Waals surface area contributed by atoms with Crippen LogP contribution in [0, 0.1) is 6.92 Å². The Morgan fingerprint density at radius 3 is 2.81 bits per heavy atom. The number of amides is 1. The maximum absolute atomic E-state index is 11.7. The Morgan fingerprint density at radius 2 is 2.19 bits per heavy atom. The van der Waals surface area contributed by atoms with Gasteiger partial charge in [0.05, 0.1) is 17.9 Å². The fourth-order valence-electron chi connectivity index (χ4n) is 1.69. The molecule has 6 heteroatoms. The lowest BCUT2D eigenvalue weighted by atomic mass is 10.2. The molecule has 0 aliphatic heterocycles. The monoisotopic (exact) mass is 288 g/mol. The maximum Gasteiger partial charge on any atom is 0.340 e. The molecule has 110 valence electrons. The minimum atomic E-state index is -0.580. The Balaban J connectivity index is 1.81. The van der Waals surface area contributed by atoms with E-state index < -0.39 is 11.9 Å². The van der Waals surface area contributed by atoms with Gasteiger partial charge in [0.25, 0.3) is 5.91 Å². The second kappa shape index (κ2) is 6.69. The number of carbonyl (C=O) groups is 2. The van der Waals surface area contributed by atoms with Crippen molar-refractivity contribution in [1.82, 2.24) is 10.3 Å². The summed E-state index contributed by atoms with van der Waals surface area (Å²) in [5, 5.41) is 2.67. The lowest BCUT2D eigenvalue weighted by molar-refractivity contribution is -0.125. The summed E-state index contributed by atoms with van der Waals surface area (Å²) in [6, 6.07) is 6.52. The summed E-state index contributed by atoms with van der Waals surface area (Å²) < 4.78 is 10.1. The van der Waals surface area contributed by atoms with Crippen molar-refractivity contribution in [1.29, 1.82) is 0 Å². The Hall–Kier alpha value is -2.63. The second-order valence-electron chi connectivity index (χ2n) is 4.57. The van der Waals surface area contributed by atoms with Crippen LogP contribution in [0.15, 0.2) is 41.1 Å². The first-order chi connectivity index (χ1) is 10.1. The maximum atomic E-state index is 11.7. The first kappa shape index (κ1) is 14.8. The Bertz CT molecular complexity index is 605. The summed E-state index contributed by atoms with van der Waals surface area (Å²) in [5.74, 6) is -0.340. The zero-order valence-corrected chi connectivity index (χ0v) is 11.8. The average Bonchev–Trinajstić information content (AvgIpc) is 3.00. The first-order valence-electron chi connectivity index (χ1n) is 6.49. The summed E-state index contributed by atoms with van der Waals surface area (Å²) in [6.45, 7) is 3.25. The third kappa shape index (κ3) is 4.17. The fraction of sp³-hybridized carbons (Fsp3) is 0.267. The van der Waals surface area contributed by atoms with E-state index in [0.29, 0.717) is 11.3 Å². The van der Waals surface area contributed by atoms with Crippen LogP contribution in [-0.2, 0) is 9.53 Å². The molecule has 1 amide bonds. The second-order valence-corrected chi connectivity index (χ2v) is 4.57. The minimum Gasteiger partial charge on any atom is -0.467 e. The van der Waals surface area contributed by atoms with E-state index in [4.69, 9.17) is 9.15 Å². The van der Waals surface area contributed by atoms with E-state index in [0.717, 1.165) is 5.69 Å². The molecule has 0 aromatic carbocycles. The molecule has 2 aromatic heterocycles. The quantitative estimate of drug-likeness (QED) is 0.851. The highest BCUT2D eigenvalue weighted by Gasteiger charge is 2.14. The number of esters is 1. The van der Waals surface area contributed by atoms with Crippen LogP contribution in [0.25, 0.3) is 0 Å². The number of nitrogens with one attached hydrogen (secondary N) is 1. The Labute approximate surface area is 122 Å².